The van der Waals surface area contributed by atoms with Crippen LogP contribution in [0.4, 0.5) is 5.69 Å². The molecule has 0 saturated heterocycles. The molecule has 2 aromatic carbocycles. The maximum absolute atomic E-state index is 4.58. The fraction of sp³-hybridized carbons (Fsp3) is 0. The maximum Gasteiger partial charge on any atom is 0.157 e. The molecule has 0 unspecified atom stereocenters. The molecular weight excluding hydrogens is 222 g/mol. The molecule has 4 rings (SSSR count). The average molecular weight is 232 g/mol. The molecule has 0 atom stereocenters. The Balaban J connectivity index is 1.82. The lowest BCUT2D eigenvalue weighted by atomic mass is 10.2. The van der Waals surface area contributed by atoms with Crippen molar-refractivity contribution in [2.75, 3.05) is 0 Å². The van der Waals surface area contributed by atoms with Gasteiger partial charge in [0, 0.05) is 5.56 Å². The molecule has 1 aliphatic rings. The lowest BCUT2D eigenvalue weighted by Gasteiger charge is -1.97. The highest BCUT2D eigenvalue weighted by atomic mass is 15.0. The van der Waals surface area contributed by atoms with Gasteiger partial charge in [-0.1, -0.05) is 30.3 Å². The molecule has 1 aromatic heterocycles. The van der Waals surface area contributed by atoms with Crippen molar-refractivity contribution < 1.29 is 0 Å². The standard InChI is InChI=1S/C15H10N3/c1-2-6-11-10(5-1)9-14(16-11)15-17-12-7-3-4-8-13(12)18-15/h1-9H,(H,17,18). The largest absolute Gasteiger partial charge is 0.337 e. The Kier molecular flexibility index (Phi) is 1.83. The number of fused-ring (bicyclic) bond motifs is 2. The molecule has 1 N–H and O–H groups in total. The van der Waals surface area contributed by atoms with Crippen LogP contribution < -0.4 is 5.32 Å². The minimum Gasteiger partial charge on any atom is -0.337 e. The van der Waals surface area contributed by atoms with Gasteiger partial charge in [-0.3, -0.25) is 0 Å². The number of imidazole rings is 1. The Morgan fingerprint density at radius 1 is 0.889 bits per heavy atom. The summed E-state index contributed by atoms with van der Waals surface area (Å²) in [7, 11) is 0. The lowest BCUT2D eigenvalue weighted by molar-refractivity contribution is 1.15. The highest BCUT2D eigenvalue weighted by Gasteiger charge is 2.17. The molecule has 85 valence electrons. The Bertz CT molecular complexity index is 735. The predicted molar refractivity (Wildman–Crippen MR) is 72.2 cm³/mol. The zero-order chi connectivity index (χ0) is 11.9. The van der Waals surface area contributed by atoms with Crippen LogP contribution in [0.2, 0.25) is 0 Å². The minimum absolute atomic E-state index is 0.826. The van der Waals surface area contributed by atoms with Crippen molar-refractivity contribution >= 4 is 28.5 Å². The van der Waals surface area contributed by atoms with Gasteiger partial charge in [0.05, 0.1) is 16.7 Å². The monoisotopic (exact) mass is 232 g/mol. The van der Waals surface area contributed by atoms with Gasteiger partial charge in [-0.25, -0.2) is 10.3 Å². The first-order chi connectivity index (χ1) is 8.90. The topological polar surface area (TPSA) is 42.8 Å². The van der Waals surface area contributed by atoms with E-state index in [2.05, 4.69) is 27.4 Å². The number of nitrogens with one attached hydrogen (secondary N) is 1. The van der Waals surface area contributed by atoms with Crippen LogP contribution in [0, 0.1) is 0 Å². The number of hydrogen-bond donors (Lipinski definition) is 1. The van der Waals surface area contributed by atoms with Crippen molar-refractivity contribution in [3.05, 3.63) is 59.9 Å². The van der Waals surface area contributed by atoms with E-state index in [0.717, 1.165) is 33.8 Å². The Morgan fingerprint density at radius 2 is 1.72 bits per heavy atom. The summed E-state index contributed by atoms with van der Waals surface area (Å²) in [6, 6.07) is 16.1. The summed E-state index contributed by atoms with van der Waals surface area (Å²) in [5, 5.41) is 4.58. The van der Waals surface area contributed by atoms with Gasteiger partial charge >= 0.3 is 0 Å². The van der Waals surface area contributed by atoms with Gasteiger partial charge in [-0.05, 0) is 24.3 Å². The third-order valence-corrected chi connectivity index (χ3v) is 3.10. The third-order valence-electron chi connectivity index (χ3n) is 3.10. The van der Waals surface area contributed by atoms with Crippen molar-refractivity contribution in [2.24, 2.45) is 0 Å². The molecule has 3 aromatic rings. The first-order valence-corrected chi connectivity index (χ1v) is 5.88. The number of benzene rings is 2. The summed E-state index contributed by atoms with van der Waals surface area (Å²) in [6.45, 7) is 0. The molecule has 0 amide bonds. The van der Waals surface area contributed by atoms with Crippen molar-refractivity contribution in [3.63, 3.8) is 0 Å². The van der Waals surface area contributed by atoms with Crippen LogP contribution >= 0.6 is 0 Å². The van der Waals surface area contributed by atoms with E-state index in [-0.39, 0.29) is 0 Å². The van der Waals surface area contributed by atoms with Gasteiger partial charge in [-0.2, -0.15) is 0 Å². The summed E-state index contributed by atoms with van der Waals surface area (Å²) < 4.78 is 0. The Morgan fingerprint density at radius 3 is 2.61 bits per heavy atom. The summed E-state index contributed by atoms with van der Waals surface area (Å²) in [4.78, 5) is 7.86. The fourth-order valence-electron chi connectivity index (χ4n) is 2.22. The van der Waals surface area contributed by atoms with Crippen LogP contribution in [-0.2, 0) is 0 Å². The van der Waals surface area contributed by atoms with E-state index in [4.69, 9.17) is 0 Å². The number of H-pyrrole nitrogens is 1. The fourth-order valence-corrected chi connectivity index (χ4v) is 2.22. The Hall–Kier alpha value is -2.55. The van der Waals surface area contributed by atoms with E-state index < -0.39 is 0 Å². The number of para-hydroxylation sites is 3. The summed E-state index contributed by atoms with van der Waals surface area (Å²) in [5.41, 5.74) is 5.06. The smallest absolute Gasteiger partial charge is 0.157 e. The van der Waals surface area contributed by atoms with Gasteiger partial charge in [0.15, 0.2) is 5.82 Å². The third kappa shape index (κ3) is 1.34. The number of aromatic nitrogens is 2. The van der Waals surface area contributed by atoms with Gasteiger partial charge < -0.3 is 4.98 Å². The molecule has 0 spiro atoms. The van der Waals surface area contributed by atoms with E-state index in [1.54, 1.807) is 0 Å². The van der Waals surface area contributed by atoms with Crippen LogP contribution in [-0.4, -0.2) is 9.97 Å². The quantitative estimate of drug-likeness (QED) is 0.687. The molecule has 0 aliphatic carbocycles. The molecule has 0 saturated carbocycles. The molecule has 1 radical (unpaired) electrons. The SMILES string of the molecule is C1=C(c2nc3ccccc3[nH]2)[N]c2ccccc21. The highest BCUT2D eigenvalue weighted by molar-refractivity contribution is 5.91. The first kappa shape index (κ1) is 9.48. The van der Waals surface area contributed by atoms with Crippen molar-refractivity contribution in [2.45, 2.75) is 0 Å². The number of aromatic amines is 1. The molecule has 3 nitrogen and oxygen atoms in total. The van der Waals surface area contributed by atoms with Crippen LogP contribution in [0.1, 0.15) is 11.4 Å². The van der Waals surface area contributed by atoms with Crippen molar-refractivity contribution in [1.82, 2.24) is 15.3 Å². The van der Waals surface area contributed by atoms with E-state index in [0.29, 0.717) is 0 Å². The van der Waals surface area contributed by atoms with Crippen molar-refractivity contribution in [3.8, 4) is 0 Å². The predicted octanol–water partition coefficient (Wildman–Crippen LogP) is 3.31. The van der Waals surface area contributed by atoms with Gasteiger partial charge in [0.25, 0.3) is 0 Å². The zero-order valence-corrected chi connectivity index (χ0v) is 9.59. The van der Waals surface area contributed by atoms with Crippen LogP contribution in [0.3, 0.4) is 0 Å². The minimum atomic E-state index is 0.826. The second-order valence-corrected chi connectivity index (χ2v) is 4.30. The van der Waals surface area contributed by atoms with Crippen molar-refractivity contribution in [1.29, 1.82) is 0 Å². The highest BCUT2D eigenvalue weighted by Crippen LogP contribution is 2.31. The van der Waals surface area contributed by atoms with Crippen LogP contribution in [0.15, 0.2) is 48.5 Å². The van der Waals surface area contributed by atoms with E-state index in [9.17, 15) is 0 Å². The maximum atomic E-state index is 4.58. The molecule has 0 bridgehead atoms. The molecule has 1 aliphatic heterocycles. The second kappa shape index (κ2) is 3.47. The molecule has 3 heteroatoms. The van der Waals surface area contributed by atoms with Gasteiger partial charge in [0.1, 0.15) is 5.70 Å². The zero-order valence-electron chi connectivity index (χ0n) is 9.59. The molecular formula is C15H10N3. The van der Waals surface area contributed by atoms with Gasteiger partial charge in [0.2, 0.25) is 0 Å². The number of nitrogens with zero attached hydrogens (tertiary/aromatic N) is 2. The van der Waals surface area contributed by atoms with E-state index in [1.807, 2.05) is 42.5 Å². The number of hydrogen-bond acceptors (Lipinski definition) is 1. The molecule has 0 fully saturated rings. The van der Waals surface area contributed by atoms with Gasteiger partial charge in [-0.15, -0.1) is 0 Å². The summed E-state index contributed by atoms with van der Waals surface area (Å²) >= 11 is 0. The average Bonchev–Trinajstić information content (AvgIpc) is 3.02. The van der Waals surface area contributed by atoms with E-state index in [1.165, 1.54) is 0 Å². The Labute approximate surface area is 104 Å². The summed E-state index contributed by atoms with van der Waals surface area (Å²) in [6.07, 6.45) is 2.06. The number of rotatable bonds is 1. The van der Waals surface area contributed by atoms with Crippen LogP contribution in [0.5, 0.6) is 0 Å². The van der Waals surface area contributed by atoms with E-state index >= 15 is 0 Å². The molecule has 18 heavy (non-hydrogen) atoms. The van der Waals surface area contributed by atoms with Crippen LogP contribution in [0.25, 0.3) is 22.8 Å². The first-order valence-electron chi connectivity index (χ1n) is 5.88. The lowest BCUT2D eigenvalue weighted by Crippen LogP contribution is -1.94. The second-order valence-electron chi connectivity index (χ2n) is 4.30. The molecule has 2 heterocycles. The normalized spacial score (nSPS) is 13.2. The summed E-state index contributed by atoms with van der Waals surface area (Å²) in [5.74, 6) is 0.826.